The van der Waals surface area contributed by atoms with Gasteiger partial charge in [0.15, 0.2) is 0 Å². The molecule has 0 N–H and O–H groups in total. The summed E-state index contributed by atoms with van der Waals surface area (Å²) in [4.78, 5) is 74.8. The molecule has 2 aromatic carbocycles. The molecule has 4 unspecified atom stereocenters. The van der Waals surface area contributed by atoms with Gasteiger partial charge in [0, 0.05) is 21.2 Å². The van der Waals surface area contributed by atoms with Crippen LogP contribution in [0.25, 0.3) is 0 Å². The Morgan fingerprint density at radius 3 is 0.912 bits per heavy atom. The first-order valence-electron chi connectivity index (χ1n) is 22.1. The third kappa shape index (κ3) is 8.47. The van der Waals surface area contributed by atoms with Crippen LogP contribution in [-0.2, 0) is 49.5 Å². The third-order valence-corrected chi connectivity index (χ3v) is 12.5. The number of halogens is 2. The molecule has 0 saturated carbocycles. The summed E-state index contributed by atoms with van der Waals surface area (Å²) in [7, 11) is 0. The number of rotatable bonds is 15. The molecule has 0 amide bonds. The van der Waals surface area contributed by atoms with E-state index in [-0.39, 0.29) is 55.2 Å². The molecule has 8 rings (SSSR count). The molecule has 342 valence electrons. The van der Waals surface area contributed by atoms with Gasteiger partial charge in [-0.15, -0.1) is 0 Å². The Labute approximate surface area is 403 Å². The number of hydrogen-bond donors (Lipinski definition) is 0. The number of allylic oxidation sites excluding steroid dienone is 16. The minimum Gasteiger partial charge on any atom is -0.494 e. The highest BCUT2D eigenvalue weighted by Crippen LogP contribution is 2.58. The lowest BCUT2D eigenvalue weighted by Crippen LogP contribution is -2.43. The SMILES string of the molecule is CCOC1=CC(=C=O)C(C2=NC(c3ccccc3Cl)(C3(c4ccccc4Cl)N=C(C4C=CC(OCC)=CC4=C=O)C(C4C=CC(OCC)=CC4=C=O)=N3)N=C2C2C=CC(OCC)=CC2=C=O)C=C1. The largest absolute Gasteiger partial charge is 0.494 e. The van der Waals surface area contributed by atoms with Crippen LogP contribution in [0.2, 0.25) is 10.0 Å². The van der Waals surface area contributed by atoms with Crippen molar-refractivity contribution in [2.24, 2.45) is 43.6 Å². The van der Waals surface area contributed by atoms with Crippen molar-refractivity contribution in [3.63, 3.8) is 0 Å². The monoisotopic (exact) mass is 946 g/mol. The van der Waals surface area contributed by atoms with E-state index in [2.05, 4.69) is 23.8 Å². The highest BCUT2D eigenvalue weighted by molar-refractivity contribution is 6.49. The van der Waals surface area contributed by atoms with E-state index in [4.69, 9.17) is 62.1 Å². The van der Waals surface area contributed by atoms with Gasteiger partial charge in [0.2, 0.25) is 11.3 Å². The fraction of sp³-hybridized carbons (Fsp3) is 0.259. The zero-order valence-electron chi connectivity index (χ0n) is 37.5. The van der Waals surface area contributed by atoms with E-state index in [1.807, 2.05) is 27.7 Å². The van der Waals surface area contributed by atoms with Crippen molar-refractivity contribution in [1.29, 1.82) is 0 Å². The number of aliphatic imine (C=N–C) groups is 4. The van der Waals surface area contributed by atoms with E-state index < -0.39 is 35.0 Å². The zero-order valence-corrected chi connectivity index (χ0v) is 39.0. The maximum absolute atomic E-state index is 13.1. The maximum Gasteiger partial charge on any atom is 0.227 e. The van der Waals surface area contributed by atoms with E-state index in [0.29, 0.717) is 60.6 Å². The minimum atomic E-state index is -2.06. The van der Waals surface area contributed by atoms with Crippen LogP contribution < -0.4 is 0 Å². The Bertz CT molecular complexity index is 2690. The van der Waals surface area contributed by atoms with Crippen molar-refractivity contribution in [3.05, 3.63) is 188 Å². The second-order valence-corrected chi connectivity index (χ2v) is 16.6. The average molecular weight is 948 g/mol. The molecular formula is C54H44Cl2N4O8. The van der Waals surface area contributed by atoms with Crippen molar-refractivity contribution >= 4 is 69.8 Å². The number of hydrogen-bond acceptors (Lipinski definition) is 12. The fourth-order valence-electron chi connectivity index (χ4n) is 9.00. The normalized spacial score (nSPS) is 25.9. The molecule has 0 fully saturated rings. The predicted molar refractivity (Wildman–Crippen MR) is 262 cm³/mol. The van der Waals surface area contributed by atoms with Gasteiger partial charge < -0.3 is 18.9 Å². The van der Waals surface area contributed by atoms with Gasteiger partial charge in [-0.05, 0) is 88.4 Å². The number of ether oxygens (including phenoxy) is 4. The van der Waals surface area contributed by atoms with Gasteiger partial charge in [-0.25, -0.2) is 39.1 Å². The van der Waals surface area contributed by atoms with E-state index in [0.717, 1.165) is 0 Å². The van der Waals surface area contributed by atoms with Gasteiger partial charge in [0.1, 0.15) is 46.8 Å². The molecule has 0 aromatic heterocycles. The van der Waals surface area contributed by atoms with Crippen LogP contribution in [0.4, 0.5) is 0 Å². The summed E-state index contributed by atoms with van der Waals surface area (Å²) in [5.74, 6) is 6.50. The van der Waals surface area contributed by atoms with Gasteiger partial charge in [0.25, 0.3) is 0 Å². The zero-order chi connectivity index (χ0) is 48.0. The lowest BCUT2D eigenvalue weighted by molar-refractivity contribution is 0.241. The summed E-state index contributed by atoms with van der Waals surface area (Å²) in [5.41, 5.74) is -1.81. The highest BCUT2D eigenvalue weighted by Gasteiger charge is 2.63. The van der Waals surface area contributed by atoms with Gasteiger partial charge in [0.05, 0.1) is 95.2 Å². The smallest absolute Gasteiger partial charge is 0.227 e. The summed E-state index contributed by atoms with van der Waals surface area (Å²) in [5, 5.41) is 0.427. The molecule has 0 radical (unpaired) electrons. The number of benzene rings is 2. The van der Waals surface area contributed by atoms with Crippen molar-refractivity contribution in [2.75, 3.05) is 26.4 Å². The number of carbonyl (C=O) groups excluding carboxylic acids is 4. The predicted octanol–water partition coefficient (Wildman–Crippen LogP) is 9.25. The van der Waals surface area contributed by atoms with Crippen LogP contribution in [0.3, 0.4) is 0 Å². The van der Waals surface area contributed by atoms with Crippen molar-refractivity contribution in [2.45, 2.75) is 39.0 Å². The summed E-state index contributed by atoms with van der Waals surface area (Å²) >= 11 is 14.7. The molecule has 0 spiro atoms. The average Bonchev–Trinajstić information content (AvgIpc) is 3.96. The van der Waals surface area contributed by atoms with Gasteiger partial charge in [-0.2, -0.15) is 0 Å². The fourth-order valence-corrected chi connectivity index (χ4v) is 9.54. The topological polar surface area (TPSA) is 155 Å². The number of nitrogens with zero attached hydrogens (tertiary/aromatic N) is 4. The van der Waals surface area contributed by atoms with Crippen LogP contribution in [-0.4, -0.2) is 73.0 Å². The Morgan fingerprint density at radius 2 is 0.691 bits per heavy atom. The summed E-state index contributed by atoms with van der Waals surface area (Å²) in [6, 6.07) is 13.9. The molecule has 4 atom stereocenters. The minimum absolute atomic E-state index is 0.168. The van der Waals surface area contributed by atoms with Crippen molar-refractivity contribution in [1.82, 2.24) is 0 Å². The lowest BCUT2D eigenvalue weighted by Gasteiger charge is -2.39. The standard InChI is InChI=1S/C54H44Cl2N4O8/c1-5-65-37-17-21-41(33(25-37)29-61)49-50(42-22-18-38(66-6-2)26-34(42)30-62)58-53(57-49,45-13-9-11-15-47(45)55)54(46-14-10-12-16-48(46)56)59-51(43-23-19-39(67-7-3)27-35(43)31-63)52(60-54)44-24-20-40(68-8-4)28-36(44)32-64/h9-28,41-44H,5-8H2,1-4H3. The molecule has 6 aliphatic rings. The Hall–Kier alpha value is -7.38. The molecule has 4 aliphatic carbocycles. The molecule has 68 heavy (non-hydrogen) atoms. The van der Waals surface area contributed by atoms with Gasteiger partial charge in [-0.3, -0.25) is 0 Å². The molecule has 12 nitrogen and oxygen atoms in total. The van der Waals surface area contributed by atoms with Crippen LogP contribution in [0.1, 0.15) is 38.8 Å². The maximum atomic E-state index is 13.1. The first kappa shape index (κ1) is 47.1. The Morgan fingerprint density at radius 1 is 0.441 bits per heavy atom. The molecular weight excluding hydrogens is 904 g/mol. The van der Waals surface area contributed by atoms with Crippen LogP contribution >= 0.6 is 23.2 Å². The van der Waals surface area contributed by atoms with Gasteiger partial charge >= 0.3 is 0 Å². The second kappa shape index (κ2) is 20.2. The summed E-state index contributed by atoms with van der Waals surface area (Å²) in [6.45, 7) is 8.68. The Balaban J connectivity index is 1.52. The van der Waals surface area contributed by atoms with Crippen molar-refractivity contribution < 1.29 is 38.1 Å². The van der Waals surface area contributed by atoms with Crippen molar-refractivity contribution in [3.8, 4) is 0 Å². The van der Waals surface area contributed by atoms with E-state index in [1.54, 1.807) is 121 Å². The van der Waals surface area contributed by atoms with Crippen LogP contribution in [0.5, 0.6) is 0 Å². The Kier molecular flexibility index (Phi) is 14.0. The van der Waals surface area contributed by atoms with Crippen LogP contribution in [0.15, 0.2) is 187 Å². The van der Waals surface area contributed by atoms with E-state index in [9.17, 15) is 19.2 Å². The first-order valence-corrected chi connectivity index (χ1v) is 22.9. The summed E-state index contributed by atoms with van der Waals surface area (Å²) < 4.78 is 23.2. The van der Waals surface area contributed by atoms with Gasteiger partial charge in [-0.1, -0.05) is 83.9 Å². The molecule has 2 aromatic rings. The highest BCUT2D eigenvalue weighted by atomic mass is 35.5. The van der Waals surface area contributed by atoms with E-state index >= 15 is 0 Å². The lowest BCUT2D eigenvalue weighted by atomic mass is 9.81. The summed E-state index contributed by atoms with van der Waals surface area (Å²) in [6.07, 6.45) is 20.3. The molecule has 0 bridgehead atoms. The second-order valence-electron chi connectivity index (χ2n) is 15.8. The molecule has 0 saturated heterocycles. The van der Waals surface area contributed by atoms with Crippen LogP contribution in [0, 0.1) is 23.7 Å². The molecule has 2 heterocycles. The molecule has 2 aliphatic heterocycles. The third-order valence-electron chi connectivity index (χ3n) is 11.9. The quantitative estimate of drug-likeness (QED) is 0.160. The first-order chi connectivity index (χ1) is 33.1. The molecule has 14 heteroatoms. The van der Waals surface area contributed by atoms with E-state index in [1.165, 1.54) is 0 Å².